The number of nitrogens with zero attached hydrogens (tertiary/aromatic N) is 3. The predicted octanol–water partition coefficient (Wildman–Crippen LogP) is 3.35. The number of carbonyl (C=O) groups is 1. The Kier molecular flexibility index (Phi) is 8.06. The first-order valence-electron chi connectivity index (χ1n) is 9.45. The van der Waals surface area contributed by atoms with Gasteiger partial charge in [0.15, 0.2) is 11.7 Å². The van der Waals surface area contributed by atoms with Gasteiger partial charge in [0.05, 0.1) is 6.26 Å². The summed E-state index contributed by atoms with van der Waals surface area (Å²) in [7, 11) is 1.75. The Bertz CT molecular complexity index is 831. The van der Waals surface area contributed by atoms with Gasteiger partial charge in [-0.1, -0.05) is 26.0 Å². The molecule has 6 nitrogen and oxygen atoms in total. The number of hydrogen-bond donors (Lipinski definition) is 1. The lowest BCUT2D eigenvalue weighted by Crippen LogP contribution is -2.54. The van der Waals surface area contributed by atoms with Gasteiger partial charge in [-0.2, -0.15) is 0 Å². The number of nitrogens with one attached hydrogen (secondary N) is 1. The van der Waals surface area contributed by atoms with E-state index in [4.69, 9.17) is 4.42 Å². The molecule has 1 fully saturated rings. The molecule has 1 aromatic heterocycles. The van der Waals surface area contributed by atoms with E-state index >= 15 is 0 Å². The van der Waals surface area contributed by atoms with Crippen molar-refractivity contribution in [2.24, 2.45) is 4.99 Å². The van der Waals surface area contributed by atoms with Crippen LogP contribution in [0.5, 0.6) is 0 Å². The highest BCUT2D eigenvalue weighted by Gasteiger charge is 2.27. The number of benzene rings is 1. The zero-order valence-corrected chi connectivity index (χ0v) is 19.4. The second kappa shape index (κ2) is 10.1. The summed E-state index contributed by atoms with van der Waals surface area (Å²) >= 11 is 0. The summed E-state index contributed by atoms with van der Waals surface area (Å²) in [6.45, 7) is 7.35. The lowest BCUT2D eigenvalue weighted by molar-refractivity contribution is 0.0657. The van der Waals surface area contributed by atoms with Crippen molar-refractivity contribution in [3.63, 3.8) is 0 Å². The maximum absolute atomic E-state index is 13.6. The second-order valence-corrected chi connectivity index (χ2v) is 7.55. The van der Waals surface area contributed by atoms with Crippen molar-refractivity contribution in [1.82, 2.24) is 15.1 Å². The second-order valence-electron chi connectivity index (χ2n) is 7.55. The molecule has 8 heteroatoms. The Labute approximate surface area is 188 Å². The number of amides is 1. The maximum atomic E-state index is 13.6. The number of rotatable bonds is 4. The van der Waals surface area contributed by atoms with Gasteiger partial charge in [-0.15, -0.1) is 24.0 Å². The molecule has 1 aromatic carbocycles. The molecular weight excluding hydrogens is 486 g/mol. The van der Waals surface area contributed by atoms with Crippen LogP contribution in [-0.4, -0.2) is 61.4 Å². The summed E-state index contributed by atoms with van der Waals surface area (Å²) in [6, 6.07) is 10.1. The molecule has 0 saturated carbocycles. The molecule has 29 heavy (non-hydrogen) atoms. The quantitative estimate of drug-likeness (QED) is 0.387. The van der Waals surface area contributed by atoms with Gasteiger partial charge in [-0.05, 0) is 29.8 Å². The van der Waals surface area contributed by atoms with Crippen LogP contribution in [-0.2, 0) is 5.41 Å². The first-order chi connectivity index (χ1) is 13.4. The molecule has 1 aliphatic rings. The minimum Gasteiger partial charge on any atom is -0.459 e. The summed E-state index contributed by atoms with van der Waals surface area (Å²) in [5.41, 5.74) is 0.680. The Hall–Kier alpha value is -2.10. The van der Waals surface area contributed by atoms with E-state index in [1.165, 1.54) is 12.3 Å². The summed E-state index contributed by atoms with van der Waals surface area (Å²) in [5, 5.41) is 3.40. The number of carbonyl (C=O) groups excluding carboxylic acids is 1. The van der Waals surface area contributed by atoms with Crippen LogP contribution in [0.3, 0.4) is 0 Å². The number of piperazine rings is 1. The Morgan fingerprint density at radius 3 is 2.45 bits per heavy atom. The normalized spacial score (nSPS) is 15.1. The van der Waals surface area contributed by atoms with Crippen LogP contribution in [0, 0.1) is 5.82 Å². The number of furan rings is 1. The molecular formula is C21H28FIN4O2. The van der Waals surface area contributed by atoms with Gasteiger partial charge in [-0.25, -0.2) is 4.39 Å². The predicted molar refractivity (Wildman–Crippen MR) is 122 cm³/mol. The Morgan fingerprint density at radius 2 is 1.86 bits per heavy atom. The van der Waals surface area contributed by atoms with Crippen LogP contribution < -0.4 is 5.32 Å². The van der Waals surface area contributed by atoms with E-state index in [1.54, 1.807) is 36.2 Å². The van der Waals surface area contributed by atoms with E-state index in [9.17, 15) is 9.18 Å². The topological polar surface area (TPSA) is 61.1 Å². The first-order valence-corrected chi connectivity index (χ1v) is 9.45. The molecule has 0 spiro atoms. The Balaban J connectivity index is 0.00000300. The van der Waals surface area contributed by atoms with Crippen LogP contribution in [0.4, 0.5) is 4.39 Å². The number of aliphatic imine (C=N–C) groups is 1. The SMILES string of the molecule is CN=C(NCC(C)(C)c1cccc(F)c1)N1CCN(C(=O)c2ccco2)CC1.I. The van der Waals surface area contributed by atoms with E-state index in [0.29, 0.717) is 38.5 Å². The molecule has 0 atom stereocenters. The molecule has 3 rings (SSSR count). The summed E-state index contributed by atoms with van der Waals surface area (Å²) in [5.74, 6) is 0.842. The van der Waals surface area contributed by atoms with Crippen LogP contribution in [0.15, 0.2) is 52.1 Å². The largest absolute Gasteiger partial charge is 0.459 e. The summed E-state index contributed by atoms with van der Waals surface area (Å²) in [4.78, 5) is 20.7. The van der Waals surface area contributed by atoms with E-state index < -0.39 is 0 Å². The lowest BCUT2D eigenvalue weighted by atomic mass is 9.84. The molecule has 0 radical (unpaired) electrons. The third-order valence-electron chi connectivity index (χ3n) is 5.10. The molecule has 0 bridgehead atoms. The van der Waals surface area contributed by atoms with Crippen molar-refractivity contribution in [1.29, 1.82) is 0 Å². The standard InChI is InChI=1S/C21H27FN4O2.HI/c1-21(2,16-6-4-7-17(22)14-16)15-24-20(23-3)26-11-9-25(10-12-26)19(27)18-8-5-13-28-18;/h4-8,13-14H,9-12,15H2,1-3H3,(H,23,24);1H. The minimum atomic E-state index is -0.255. The number of halogens is 2. The third-order valence-corrected chi connectivity index (χ3v) is 5.10. The van der Waals surface area contributed by atoms with Gasteiger partial charge in [-0.3, -0.25) is 9.79 Å². The zero-order chi connectivity index (χ0) is 20.1. The maximum Gasteiger partial charge on any atom is 0.289 e. The van der Waals surface area contributed by atoms with Gasteiger partial charge in [0.25, 0.3) is 5.91 Å². The molecule has 158 valence electrons. The van der Waals surface area contributed by atoms with E-state index in [1.807, 2.05) is 6.07 Å². The van der Waals surface area contributed by atoms with Crippen LogP contribution in [0.2, 0.25) is 0 Å². The monoisotopic (exact) mass is 514 g/mol. The van der Waals surface area contributed by atoms with Crippen LogP contribution in [0.1, 0.15) is 30.0 Å². The highest BCUT2D eigenvalue weighted by Crippen LogP contribution is 2.23. The van der Waals surface area contributed by atoms with Gasteiger partial charge >= 0.3 is 0 Å². The average molecular weight is 514 g/mol. The third kappa shape index (κ3) is 5.71. The fraction of sp³-hybridized carbons (Fsp3) is 0.429. The fourth-order valence-corrected chi connectivity index (χ4v) is 3.32. The number of guanidine groups is 1. The summed E-state index contributed by atoms with van der Waals surface area (Å²) in [6.07, 6.45) is 1.51. The molecule has 1 aliphatic heterocycles. The van der Waals surface area contributed by atoms with Gasteiger partial charge in [0, 0.05) is 45.2 Å². The molecule has 0 unspecified atom stereocenters. The van der Waals surface area contributed by atoms with Crippen molar-refractivity contribution >= 4 is 35.8 Å². The van der Waals surface area contributed by atoms with Crippen molar-refractivity contribution in [3.05, 3.63) is 59.8 Å². The smallest absolute Gasteiger partial charge is 0.289 e. The number of hydrogen-bond acceptors (Lipinski definition) is 3. The van der Waals surface area contributed by atoms with Gasteiger partial charge < -0.3 is 19.5 Å². The van der Waals surface area contributed by atoms with Crippen LogP contribution in [0.25, 0.3) is 0 Å². The van der Waals surface area contributed by atoms with E-state index in [0.717, 1.165) is 11.5 Å². The zero-order valence-electron chi connectivity index (χ0n) is 17.0. The average Bonchev–Trinajstić information content (AvgIpc) is 3.23. The molecule has 1 saturated heterocycles. The first kappa shape index (κ1) is 23.2. The minimum absolute atomic E-state index is 0. The van der Waals surface area contributed by atoms with Crippen LogP contribution >= 0.6 is 24.0 Å². The molecule has 1 N–H and O–H groups in total. The van der Waals surface area contributed by atoms with Crippen molar-refractivity contribution in [2.45, 2.75) is 19.3 Å². The van der Waals surface area contributed by atoms with Gasteiger partial charge in [0.2, 0.25) is 0 Å². The van der Waals surface area contributed by atoms with Gasteiger partial charge in [0.1, 0.15) is 5.82 Å². The van der Waals surface area contributed by atoms with E-state index in [2.05, 4.69) is 29.1 Å². The summed E-state index contributed by atoms with van der Waals surface area (Å²) < 4.78 is 18.8. The highest BCUT2D eigenvalue weighted by molar-refractivity contribution is 14.0. The van der Waals surface area contributed by atoms with E-state index in [-0.39, 0.29) is 41.1 Å². The lowest BCUT2D eigenvalue weighted by Gasteiger charge is -2.37. The van der Waals surface area contributed by atoms with Crippen molar-refractivity contribution < 1.29 is 13.6 Å². The molecule has 2 heterocycles. The Morgan fingerprint density at radius 1 is 1.17 bits per heavy atom. The molecule has 0 aliphatic carbocycles. The highest BCUT2D eigenvalue weighted by atomic mass is 127. The van der Waals surface area contributed by atoms with Crippen molar-refractivity contribution in [2.75, 3.05) is 39.8 Å². The van der Waals surface area contributed by atoms with Crippen molar-refractivity contribution in [3.8, 4) is 0 Å². The molecule has 2 aromatic rings. The molecule has 1 amide bonds. The fourth-order valence-electron chi connectivity index (χ4n) is 3.32.